The van der Waals surface area contributed by atoms with Crippen molar-refractivity contribution < 1.29 is 4.79 Å². The van der Waals surface area contributed by atoms with Crippen LogP contribution in [0.25, 0.3) is 0 Å². The second-order valence-electron chi connectivity index (χ2n) is 12.2. The molecule has 2 saturated carbocycles. The van der Waals surface area contributed by atoms with E-state index in [-0.39, 0.29) is 5.41 Å². The predicted octanol–water partition coefficient (Wildman–Crippen LogP) is 8.29. The lowest BCUT2D eigenvalue weighted by atomic mass is 9.69. The van der Waals surface area contributed by atoms with Crippen LogP contribution in [0.5, 0.6) is 0 Å². The molecule has 6 rings (SSSR count). The normalized spacial score (nSPS) is 23.7. The van der Waals surface area contributed by atoms with Crippen molar-refractivity contribution >= 4 is 35.1 Å². The number of fused-ring (bicyclic) bond motifs is 2. The Bertz CT molecular complexity index is 1190. The Labute approximate surface area is 233 Å². The number of piperidine rings is 1. The van der Waals surface area contributed by atoms with Crippen molar-refractivity contribution in [3.05, 3.63) is 58.1 Å². The number of halogens is 1. The maximum atomic E-state index is 12.2. The molecule has 2 heterocycles. The first-order valence-corrected chi connectivity index (χ1v) is 15.4. The lowest BCUT2D eigenvalue weighted by Crippen LogP contribution is -2.40. The van der Waals surface area contributed by atoms with Crippen LogP contribution in [0.4, 0.5) is 11.4 Å². The largest absolute Gasteiger partial charge is 0.303 e. The Morgan fingerprint density at radius 3 is 2.39 bits per heavy atom. The summed E-state index contributed by atoms with van der Waals surface area (Å²) in [4.78, 5) is 22.1. The van der Waals surface area contributed by atoms with Crippen molar-refractivity contribution in [1.29, 1.82) is 0 Å². The second-order valence-corrected chi connectivity index (χ2v) is 12.6. The van der Waals surface area contributed by atoms with Gasteiger partial charge in [0.25, 0.3) is 0 Å². The number of anilines is 2. The molecular formula is C33H42ClN3O. The van der Waals surface area contributed by atoms with Gasteiger partial charge >= 0.3 is 0 Å². The first kappa shape index (κ1) is 26.1. The van der Waals surface area contributed by atoms with E-state index >= 15 is 0 Å². The van der Waals surface area contributed by atoms with Gasteiger partial charge in [-0.25, -0.2) is 0 Å². The molecule has 0 atom stereocenters. The number of aldehydes is 1. The van der Waals surface area contributed by atoms with Gasteiger partial charge in [0.05, 0.1) is 27.4 Å². The zero-order valence-corrected chi connectivity index (χ0v) is 23.7. The summed E-state index contributed by atoms with van der Waals surface area (Å²) in [6.07, 6.45) is 16.4. The Morgan fingerprint density at radius 2 is 1.68 bits per heavy atom. The van der Waals surface area contributed by atoms with Crippen LogP contribution in [0.3, 0.4) is 0 Å². The highest BCUT2D eigenvalue weighted by Gasteiger charge is 2.50. The molecule has 0 amide bonds. The van der Waals surface area contributed by atoms with Crippen LogP contribution >= 0.6 is 11.6 Å². The minimum absolute atomic E-state index is 0.0767. The highest BCUT2D eigenvalue weighted by molar-refractivity contribution is 6.34. The molecule has 0 unspecified atom stereocenters. The van der Waals surface area contributed by atoms with E-state index in [4.69, 9.17) is 16.6 Å². The molecule has 2 aliphatic carbocycles. The molecule has 2 aromatic carbocycles. The molecule has 1 spiro atoms. The molecule has 0 N–H and O–H groups in total. The Kier molecular flexibility index (Phi) is 7.64. The number of aliphatic imine (C=N–C) groups is 1. The van der Waals surface area contributed by atoms with E-state index in [1.165, 1.54) is 101 Å². The molecule has 4 nitrogen and oxygen atoms in total. The van der Waals surface area contributed by atoms with E-state index in [0.717, 1.165) is 36.6 Å². The molecule has 2 aromatic rings. The van der Waals surface area contributed by atoms with Gasteiger partial charge < -0.3 is 4.90 Å². The third kappa shape index (κ3) is 4.62. The van der Waals surface area contributed by atoms with E-state index in [1.54, 1.807) is 0 Å². The summed E-state index contributed by atoms with van der Waals surface area (Å²) >= 11 is 6.54. The Hall–Kier alpha value is -2.17. The molecule has 0 radical (unpaired) electrons. The number of amidine groups is 1. The number of nitrogens with zero attached hydrogens (tertiary/aromatic N) is 3. The van der Waals surface area contributed by atoms with Gasteiger partial charge in [-0.2, -0.15) is 0 Å². The average molecular weight is 532 g/mol. The maximum absolute atomic E-state index is 12.2. The zero-order valence-electron chi connectivity index (χ0n) is 22.9. The zero-order chi connectivity index (χ0) is 26.1. The number of rotatable bonds is 5. The standard InChI is InChI=1S/C33H42ClN3O/c1-35-32-33(17-6-3-7-18-33)28-14-13-26(21-31(28)37(32)30-12-8-11-29(34)27(30)23-38)25-15-19-36(20-16-25)22-24-9-4-2-5-10-24/h8,11-14,21,23-25H,2-7,9-10,15-20,22H2,1H3. The van der Waals surface area contributed by atoms with Gasteiger partial charge in [0, 0.05) is 13.6 Å². The van der Waals surface area contributed by atoms with Crippen LogP contribution in [0.15, 0.2) is 41.4 Å². The highest BCUT2D eigenvalue weighted by Crippen LogP contribution is 2.54. The van der Waals surface area contributed by atoms with Crippen molar-refractivity contribution in [2.45, 2.75) is 88.4 Å². The van der Waals surface area contributed by atoms with Crippen molar-refractivity contribution in [1.82, 2.24) is 4.90 Å². The van der Waals surface area contributed by atoms with Gasteiger partial charge in [0.2, 0.25) is 0 Å². The molecule has 2 aliphatic heterocycles. The van der Waals surface area contributed by atoms with Gasteiger partial charge in [-0.1, -0.05) is 68.3 Å². The molecule has 0 bridgehead atoms. The number of benzene rings is 2. The molecule has 5 heteroatoms. The highest BCUT2D eigenvalue weighted by atomic mass is 35.5. The smallest absolute Gasteiger partial charge is 0.153 e. The van der Waals surface area contributed by atoms with Crippen molar-refractivity contribution in [3.63, 3.8) is 0 Å². The number of likely N-dealkylation sites (tertiary alicyclic amines) is 1. The molecule has 3 fully saturated rings. The monoisotopic (exact) mass is 531 g/mol. The summed E-state index contributed by atoms with van der Waals surface area (Å²) in [7, 11) is 1.92. The summed E-state index contributed by atoms with van der Waals surface area (Å²) in [5, 5.41) is 0.501. The lowest BCUT2D eigenvalue weighted by molar-refractivity contribution is 0.112. The number of hydrogen-bond donors (Lipinski definition) is 0. The average Bonchev–Trinajstić information content (AvgIpc) is 3.22. The van der Waals surface area contributed by atoms with Crippen LogP contribution in [0.1, 0.15) is 104 Å². The maximum Gasteiger partial charge on any atom is 0.153 e. The first-order valence-electron chi connectivity index (χ1n) is 15.0. The fourth-order valence-corrected chi connectivity index (χ4v) is 8.28. The summed E-state index contributed by atoms with van der Waals surface area (Å²) in [6.45, 7) is 3.71. The van der Waals surface area contributed by atoms with E-state index < -0.39 is 0 Å². The quantitative estimate of drug-likeness (QED) is 0.364. The number of carbonyl (C=O) groups excluding carboxylic acids is 1. The minimum Gasteiger partial charge on any atom is -0.303 e. The van der Waals surface area contributed by atoms with Crippen molar-refractivity contribution in [2.75, 3.05) is 31.6 Å². The van der Waals surface area contributed by atoms with Gasteiger partial charge in [0.1, 0.15) is 5.84 Å². The second kappa shape index (κ2) is 11.1. The molecule has 38 heavy (non-hydrogen) atoms. The summed E-state index contributed by atoms with van der Waals surface area (Å²) in [5.41, 5.74) is 5.36. The molecule has 1 saturated heterocycles. The molecule has 202 valence electrons. The molecular weight excluding hydrogens is 490 g/mol. The number of carbonyl (C=O) groups is 1. The third-order valence-corrected chi connectivity index (χ3v) is 10.4. The minimum atomic E-state index is -0.0767. The van der Waals surface area contributed by atoms with E-state index in [1.807, 2.05) is 25.2 Å². The van der Waals surface area contributed by atoms with Gasteiger partial charge in [-0.3, -0.25) is 14.7 Å². The van der Waals surface area contributed by atoms with Crippen LogP contribution < -0.4 is 4.90 Å². The van der Waals surface area contributed by atoms with Crippen LogP contribution in [0.2, 0.25) is 5.02 Å². The molecule has 4 aliphatic rings. The van der Waals surface area contributed by atoms with Crippen LogP contribution in [-0.2, 0) is 5.41 Å². The van der Waals surface area contributed by atoms with Gasteiger partial charge in [-0.15, -0.1) is 0 Å². The Morgan fingerprint density at radius 1 is 0.947 bits per heavy atom. The predicted molar refractivity (Wildman–Crippen MR) is 159 cm³/mol. The van der Waals surface area contributed by atoms with Crippen LogP contribution in [0, 0.1) is 5.92 Å². The Balaban J connectivity index is 1.32. The lowest BCUT2D eigenvalue weighted by Gasteiger charge is -2.36. The van der Waals surface area contributed by atoms with E-state index in [9.17, 15) is 4.79 Å². The number of hydrogen-bond acceptors (Lipinski definition) is 3. The summed E-state index contributed by atoms with van der Waals surface area (Å²) in [6, 6.07) is 13.0. The van der Waals surface area contributed by atoms with Crippen LogP contribution in [-0.4, -0.2) is 43.7 Å². The fourth-order valence-electron chi connectivity index (χ4n) is 8.07. The fraction of sp³-hybridized carbons (Fsp3) is 0.576. The van der Waals surface area contributed by atoms with Gasteiger partial charge in [0.15, 0.2) is 6.29 Å². The topological polar surface area (TPSA) is 35.9 Å². The van der Waals surface area contributed by atoms with E-state index in [0.29, 0.717) is 16.5 Å². The van der Waals surface area contributed by atoms with Crippen molar-refractivity contribution in [3.8, 4) is 0 Å². The SMILES string of the molecule is CN=C1N(c2cccc(Cl)c2C=O)c2cc(C3CCN(CC4CCCCC4)CC3)ccc2C12CCCCC2. The van der Waals surface area contributed by atoms with Crippen molar-refractivity contribution in [2.24, 2.45) is 10.9 Å². The first-order chi connectivity index (χ1) is 18.6. The molecule has 0 aromatic heterocycles. The summed E-state index contributed by atoms with van der Waals surface area (Å²) < 4.78 is 0. The third-order valence-electron chi connectivity index (χ3n) is 10.0. The summed E-state index contributed by atoms with van der Waals surface area (Å²) in [5.74, 6) is 2.58. The van der Waals surface area contributed by atoms with E-state index in [2.05, 4.69) is 28.0 Å². The van der Waals surface area contributed by atoms with Gasteiger partial charge in [-0.05, 0) is 92.8 Å².